The van der Waals surface area contributed by atoms with Crippen LogP contribution in [0.5, 0.6) is 0 Å². The normalized spacial score (nSPS) is 22.5. The number of fused-ring (bicyclic) bond motifs is 1. The molecule has 0 aliphatic carbocycles. The van der Waals surface area contributed by atoms with Gasteiger partial charge in [-0.25, -0.2) is 0 Å². The SMILES string of the molecule is NC(=O)C1Cc2ccccc2CN1C(=O)C1CNC1. The predicted octanol–water partition coefficient (Wildman–Crippen LogP) is -0.355. The number of nitrogens with zero attached hydrogens (tertiary/aromatic N) is 1. The standard InChI is InChI=1S/C14H17N3O2/c15-13(18)12-5-9-3-1-2-4-10(9)8-17(12)14(19)11-6-16-7-11/h1-4,11-12,16H,5-8H2,(H2,15,18). The monoisotopic (exact) mass is 259 g/mol. The van der Waals surface area contributed by atoms with Gasteiger partial charge in [-0.05, 0) is 11.1 Å². The van der Waals surface area contributed by atoms with E-state index in [1.165, 1.54) is 0 Å². The van der Waals surface area contributed by atoms with E-state index in [4.69, 9.17) is 5.73 Å². The van der Waals surface area contributed by atoms with Crippen LogP contribution in [-0.4, -0.2) is 35.8 Å². The molecule has 2 amide bonds. The van der Waals surface area contributed by atoms with Crippen LogP contribution in [0.3, 0.4) is 0 Å². The minimum atomic E-state index is -0.511. The average Bonchev–Trinajstić information content (AvgIpc) is 2.35. The number of carbonyl (C=O) groups excluding carboxylic acids is 2. The van der Waals surface area contributed by atoms with E-state index >= 15 is 0 Å². The van der Waals surface area contributed by atoms with Gasteiger partial charge in [0, 0.05) is 26.1 Å². The molecule has 0 aromatic heterocycles. The molecule has 2 heterocycles. The van der Waals surface area contributed by atoms with Gasteiger partial charge in [0.1, 0.15) is 6.04 Å². The molecule has 1 atom stereocenters. The zero-order valence-corrected chi connectivity index (χ0v) is 10.6. The van der Waals surface area contributed by atoms with Crippen LogP contribution >= 0.6 is 0 Å². The van der Waals surface area contributed by atoms with Crippen LogP contribution in [0.2, 0.25) is 0 Å². The summed E-state index contributed by atoms with van der Waals surface area (Å²) in [5.74, 6) is -0.390. The number of hydrogen-bond acceptors (Lipinski definition) is 3. The van der Waals surface area contributed by atoms with Crippen molar-refractivity contribution in [3.63, 3.8) is 0 Å². The lowest BCUT2D eigenvalue weighted by atomic mass is 9.91. The van der Waals surface area contributed by atoms with Gasteiger partial charge in [-0.2, -0.15) is 0 Å². The number of carbonyl (C=O) groups is 2. The van der Waals surface area contributed by atoms with Crippen molar-refractivity contribution in [3.8, 4) is 0 Å². The summed E-state index contributed by atoms with van der Waals surface area (Å²) in [6.45, 7) is 1.88. The fourth-order valence-corrected chi connectivity index (χ4v) is 2.71. The Labute approximate surface area is 111 Å². The van der Waals surface area contributed by atoms with E-state index in [0.717, 1.165) is 11.1 Å². The third-order valence-corrected chi connectivity index (χ3v) is 3.99. The van der Waals surface area contributed by atoms with Crippen molar-refractivity contribution in [2.24, 2.45) is 11.7 Å². The van der Waals surface area contributed by atoms with Gasteiger partial charge in [-0.15, -0.1) is 0 Å². The van der Waals surface area contributed by atoms with Gasteiger partial charge < -0.3 is 16.0 Å². The number of nitrogens with two attached hydrogens (primary N) is 1. The summed E-state index contributed by atoms with van der Waals surface area (Å²) in [4.78, 5) is 25.7. The highest BCUT2D eigenvalue weighted by molar-refractivity contribution is 5.89. The molecule has 3 rings (SSSR count). The molecule has 2 aliphatic rings. The Morgan fingerprint density at radius 1 is 1.21 bits per heavy atom. The molecule has 0 saturated carbocycles. The van der Waals surface area contributed by atoms with Crippen LogP contribution in [0.15, 0.2) is 24.3 Å². The first-order chi connectivity index (χ1) is 9.16. The molecule has 100 valence electrons. The first-order valence-corrected chi connectivity index (χ1v) is 6.54. The Morgan fingerprint density at radius 3 is 2.47 bits per heavy atom. The summed E-state index contributed by atoms with van der Waals surface area (Å²) >= 11 is 0. The van der Waals surface area contributed by atoms with Gasteiger partial charge in [0.15, 0.2) is 0 Å². The largest absolute Gasteiger partial charge is 0.368 e. The van der Waals surface area contributed by atoms with Gasteiger partial charge in [0.25, 0.3) is 0 Å². The van der Waals surface area contributed by atoms with Crippen molar-refractivity contribution < 1.29 is 9.59 Å². The maximum Gasteiger partial charge on any atom is 0.240 e. The van der Waals surface area contributed by atoms with Gasteiger partial charge in [-0.1, -0.05) is 24.3 Å². The lowest BCUT2D eigenvalue weighted by Gasteiger charge is -2.39. The topological polar surface area (TPSA) is 75.4 Å². The predicted molar refractivity (Wildman–Crippen MR) is 70.0 cm³/mol. The molecule has 0 spiro atoms. The maximum atomic E-state index is 12.4. The molecule has 0 radical (unpaired) electrons. The molecule has 1 saturated heterocycles. The molecule has 19 heavy (non-hydrogen) atoms. The van der Waals surface area contributed by atoms with Gasteiger partial charge >= 0.3 is 0 Å². The zero-order valence-electron chi connectivity index (χ0n) is 10.6. The van der Waals surface area contributed by atoms with E-state index in [9.17, 15) is 9.59 Å². The van der Waals surface area contributed by atoms with Gasteiger partial charge in [-0.3, -0.25) is 9.59 Å². The lowest BCUT2D eigenvalue weighted by Crippen LogP contribution is -2.58. The highest BCUT2D eigenvalue weighted by Crippen LogP contribution is 2.25. The van der Waals surface area contributed by atoms with Crippen molar-refractivity contribution in [2.75, 3.05) is 13.1 Å². The number of amides is 2. The van der Waals surface area contributed by atoms with Crippen LogP contribution in [0.25, 0.3) is 0 Å². The summed E-state index contributed by atoms with van der Waals surface area (Å²) < 4.78 is 0. The van der Waals surface area contributed by atoms with Crippen molar-refractivity contribution in [3.05, 3.63) is 35.4 Å². The molecule has 1 aromatic rings. The summed E-state index contributed by atoms with van der Waals surface area (Å²) in [7, 11) is 0. The van der Waals surface area contributed by atoms with Crippen LogP contribution < -0.4 is 11.1 Å². The second kappa shape index (κ2) is 4.66. The first kappa shape index (κ1) is 12.2. The Kier molecular flexibility index (Phi) is 2.98. The quantitative estimate of drug-likeness (QED) is 0.762. The van der Waals surface area contributed by atoms with Crippen LogP contribution in [0.4, 0.5) is 0 Å². The first-order valence-electron chi connectivity index (χ1n) is 6.54. The van der Waals surface area contributed by atoms with Crippen LogP contribution in [0.1, 0.15) is 11.1 Å². The summed E-state index contributed by atoms with van der Waals surface area (Å²) in [6, 6.07) is 7.40. The van der Waals surface area contributed by atoms with Crippen molar-refractivity contribution in [2.45, 2.75) is 19.0 Å². The Hall–Kier alpha value is -1.88. The molecule has 5 heteroatoms. The van der Waals surface area contributed by atoms with E-state index in [1.807, 2.05) is 24.3 Å². The van der Waals surface area contributed by atoms with E-state index in [1.54, 1.807) is 4.90 Å². The molecule has 3 N–H and O–H groups in total. The Balaban J connectivity index is 1.89. The van der Waals surface area contributed by atoms with E-state index in [2.05, 4.69) is 5.32 Å². The average molecular weight is 259 g/mol. The second-order valence-electron chi connectivity index (χ2n) is 5.21. The molecule has 0 bridgehead atoms. The molecule has 2 aliphatic heterocycles. The summed E-state index contributed by atoms with van der Waals surface area (Å²) in [5, 5.41) is 3.08. The zero-order chi connectivity index (χ0) is 13.4. The Morgan fingerprint density at radius 2 is 1.89 bits per heavy atom. The Bertz CT molecular complexity index is 525. The summed E-state index contributed by atoms with van der Waals surface area (Å²) in [6.07, 6.45) is 0.525. The van der Waals surface area contributed by atoms with E-state index in [0.29, 0.717) is 26.1 Å². The minimum absolute atomic E-state index is 0.00730. The van der Waals surface area contributed by atoms with Crippen LogP contribution in [0, 0.1) is 5.92 Å². The van der Waals surface area contributed by atoms with Gasteiger partial charge in [0.05, 0.1) is 5.92 Å². The third kappa shape index (κ3) is 2.10. The molecular formula is C14H17N3O2. The third-order valence-electron chi connectivity index (χ3n) is 3.99. The number of benzene rings is 1. The van der Waals surface area contributed by atoms with E-state index < -0.39 is 11.9 Å². The van der Waals surface area contributed by atoms with Crippen molar-refractivity contribution in [1.82, 2.24) is 10.2 Å². The number of primary amides is 1. The number of nitrogens with one attached hydrogen (secondary N) is 1. The van der Waals surface area contributed by atoms with E-state index in [-0.39, 0.29) is 11.8 Å². The maximum absolute atomic E-state index is 12.4. The highest BCUT2D eigenvalue weighted by Gasteiger charge is 2.37. The fourth-order valence-electron chi connectivity index (χ4n) is 2.71. The number of rotatable bonds is 2. The molecular weight excluding hydrogens is 242 g/mol. The van der Waals surface area contributed by atoms with Gasteiger partial charge in [0.2, 0.25) is 11.8 Å². The lowest BCUT2D eigenvalue weighted by molar-refractivity contribution is -0.145. The molecule has 5 nitrogen and oxygen atoms in total. The minimum Gasteiger partial charge on any atom is -0.368 e. The summed E-state index contributed by atoms with van der Waals surface area (Å²) in [5.41, 5.74) is 7.69. The second-order valence-corrected chi connectivity index (χ2v) is 5.21. The molecule has 1 aromatic carbocycles. The number of hydrogen-bond donors (Lipinski definition) is 2. The smallest absolute Gasteiger partial charge is 0.240 e. The fraction of sp³-hybridized carbons (Fsp3) is 0.429. The molecule has 1 fully saturated rings. The van der Waals surface area contributed by atoms with Crippen molar-refractivity contribution in [1.29, 1.82) is 0 Å². The highest BCUT2D eigenvalue weighted by atomic mass is 16.2. The van der Waals surface area contributed by atoms with Crippen LogP contribution in [-0.2, 0) is 22.6 Å². The molecule has 1 unspecified atom stereocenters. The van der Waals surface area contributed by atoms with Crippen molar-refractivity contribution >= 4 is 11.8 Å².